The Balaban J connectivity index is 1.49. The highest BCUT2D eigenvalue weighted by Crippen LogP contribution is 2.36. The van der Waals surface area contributed by atoms with E-state index in [-0.39, 0.29) is 30.3 Å². The molecule has 2 N–H and O–H groups in total. The maximum Gasteiger partial charge on any atom is 0.335 e. The number of halogens is 1. The highest BCUT2D eigenvalue weighted by atomic mass is 35.5. The number of rotatable bonds is 11. The van der Waals surface area contributed by atoms with Gasteiger partial charge in [0.15, 0.2) is 0 Å². The molecule has 1 aliphatic heterocycles. The van der Waals surface area contributed by atoms with Crippen molar-refractivity contribution >= 4 is 69.4 Å². The summed E-state index contributed by atoms with van der Waals surface area (Å²) >= 11 is 12.9. The summed E-state index contributed by atoms with van der Waals surface area (Å²) in [5.41, 5.74) is 3.16. The second-order valence-electron chi connectivity index (χ2n) is 9.43. The number of nitrogens with zero attached hydrogens (tertiary/aromatic N) is 2. The number of benzene rings is 3. The molecule has 0 aliphatic carbocycles. The van der Waals surface area contributed by atoms with E-state index in [0.717, 1.165) is 23.2 Å². The third-order valence-electron chi connectivity index (χ3n) is 6.10. The minimum Gasteiger partial charge on any atom is -0.492 e. The molecule has 0 unspecified atom stereocenters. The number of likely N-dealkylation sites (N-methyl/N-ethyl adjacent to an activating group) is 1. The summed E-state index contributed by atoms with van der Waals surface area (Å²) in [6.07, 6.45) is 1.78. The first-order chi connectivity index (χ1) is 19.6. The van der Waals surface area contributed by atoms with Crippen molar-refractivity contribution in [3.8, 4) is 16.9 Å². The average Bonchev–Trinajstić information content (AvgIpc) is 3.19. The summed E-state index contributed by atoms with van der Waals surface area (Å²) in [5, 5.41) is 12.4. The number of anilines is 1. The molecule has 212 valence electrons. The number of carbonyl (C=O) groups is 3. The Labute approximate surface area is 252 Å². The predicted molar refractivity (Wildman–Crippen MR) is 167 cm³/mol. The van der Waals surface area contributed by atoms with Crippen LogP contribution in [-0.4, -0.2) is 70.8 Å². The Morgan fingerprint density at radius 2 is 1.83 bits per heavy atom. The molecule has 1 fully saturated rings. The molecule has 0 aromatic heterocycles. The van der Waals surface area contributed by atoms with Gasteiger partial charge < -0.3 is 20.1 Å². The van der Waals surface area contributed by atoms with Crippen molar-refractivity contribution < 1.29 is 24.2 Å². The molecule has 41 heavy (non-hydrogen) atoms. The van der Waals surface area contributed by atoms with Crippen LogP contribution in [0.25, 0.3) is 17.2 Å². The van der Waals surface area contributed by atoms with E-state index in [1.54, 1.807) is 6.08 Å². The first kappa shape index (κ1) is 30.3. The topological polar surface area (TPSA) is 99.2 Å². The van der Waals surface area contributed by atoms with Gasteiger partial charge in [0.25, 0.3) is 5.91 Å². The van der Waals surface area contributed by atoms with Crippen LogP contribution in [0.3, 0.4) is 0 Å². The van der Waals surface area contributed by atoms with Gasteiger partial charge in [0, 0.05) is 35.8 Å². The Morgan fingerprint density at radius 1 is 1.10 bits per heavy atom. The number of ether oxygens (including phenoxy) is 1. The van der Waals surface area contributed by atoms with Crippen molar-refractivity contribution in [1.82, 2.24) is 9.80 Å². The van der Waals surface area contributed by atoms with Gasteiger partial charge in [-0.25, -0.2) is 4.79 Å². The maximum absolute atomic E-state index is 13.3. The molecule has 2 amide bonds. The van der Waals surface area contributed by atoms with Gasteiger partial charge in [-0.05, 0) is 79.8 Å². The molecule has 11 heteroatoms. The van der Waals surface area contributed by atoms with Crippen molar-refractivity contribution in [2.45, 2.75) is 6.42 Å². The van der Waals surface area contributed by atoms with Crippen LogP contribution in [0.1, 0.15) is 22.3 Å². The maximum atomic E-state index is 13.3. The zero-order valence-electron chi connectivity index (χ0n) is 22.4. The summed E-state index contributed by atoms with van der Waals surface area (Å²) in [7, 11) is 3.93. The van der Waals surface area contributed by atoms with E-state index < -0.39 is 5.97 Å². The molecular weight excluding hydrogens is 582 g/mol. The second kappa shape index (κ2) is 13.8. The summed E-state index contributed by atoms with van der Waals surface area (Å²) in [6.45, 7) is 1.30. The van der Waals surface area contributed by atoms with Crippen molar-refractivity contribution in [2.24, 2.45) is 0 Å². The number of carboxylic acid groups (broad SMARTS) is 1. The summed E-state index contributed by atoms with van der Waals surface area (Å²) < 4.78 is 6.41. The van der Waals surface area contributed by atoms with E-state index >= 15 is 0 Å². The van der Waals surface area contributed by atoms with E-state index in [1.807, 2.05) is 61.5 Å². The van der Waals surface area contributed by atoms with Gasteiger partial charge in [0.05, 0.1) is 10.5 Å². The van der Waals surface area contributed by atoms with E-state index in [2.05, 4.69) is 5.32 Å². The lowest BCUT2D eigenvalue weighted by atomic mass is 10.0. The quantitative estimate of drug-likeness (QED) is 0.206. The number of nitrogens with one attached hydrogen (secondary N) is 1. The fourth-order valence-corrected chi connectivity index (χ4v) is 5.44. The lowest BCUT2D eigenvalue weighted by Gasteiger charge is -2.15. The van der Waals surface area contributed by atoms with Gasteiger partial charge in [-0.15, -0.1) is 0 Å². The average molecular weight is 610 g/mol. The molecule has 8 nitrogen and oxygen atoms in total. The number of carboxylic acids is 1. The molecule has 0 saturated carbocycles. The lowest BCUT2D eigenvalue weighted by molar-refractivity contribution is -0.122. The molecule has 0 spiro atoms. The van der Waals surface area contributed by atoms with Gasteiger partial charge in [-0.3, -0.25) is 14.5 Å². The highest BCUT2D eigenvalue weighted by Gasteiger charge is 2.32. The van der Waals surface area contributed by atoms with Crippen LogP contribution in [0.5, 0.6) is 5.75 Å². The fraction of sp³-hybridized carbons (Fsp3) is 0.200. The van der Waals surface area contributed by atoms with Crippen LogP contribution >= 0.6 is 35.6 Å². The van der Waals surface area contributed by atoms with Crippen LogP contribution in [0.2, 0.25) is 5.02 Å². The Kier molecular flexibility index (Phi) is 10.2. The summed E-state index contributed by atoms with van der Waals surface area (Å²) in [4.78, 5) is 40.7. The summed E-state index contributed by atoms with van der Waals surface area (Å²) in [5.74, 6) is -1.02. The van der Waals surface area contributed by atoms with E-state index in [9.17, 15) is 14.4 Å². The molecular formula is C30H28ClN3O5S2. The van der Waals surface area contributed by atoms with Crippen molar-refractivity contribution in [1.29, 1.82) is 0 Å². The van der Waals surface area contributed by atoms with Crippen LogP contribution in [0.15, 0.2) is 71.6 Å². The highest BCUT2D eigenvalue weighted by molar-refractivity contribution is 8.26. The largest absolute Gasteiger partial charge is 0.492 e. The van der Waals surface area contributed by atoms with E-state index in [0.29, 0.717) is 32.3 Å². The normalized spacial score (nSPS) is 14.1. The lowest BCUT2D eigenvalue weighted by Crippen LogP contribution is -2.31. The number of carbonyl (C=O) groups excluding carboxylic acids is 2. The van der Waals surface area contributed by atoms with Gasteiger partial charge in [0.1, 0.15) is 16.7 Å². The molecule has 1 heterocycles. The predicted octanol–water partition coefficient (Wildman–Crippen LogP) is 5.88. The minimum absolute atomic E-state index is 0.0174. The van der Waals surface area contributed by atoms with Gasteiger partial charge >= 0.3 is 5.97 Å². The van der Waals surface area contributed by atoms with Crippen LogP contribution in [0.4, 0.5) is 5.69 Å². The Bertz CT molecular complexity index is 1510. The molecule has 0 radical (unpaired) electrons. The van der Waals surface area contributed by atoms with Gasteiger partial charge in [-0.1, -0.05) is 53.8 Å². The Hall–Kier alpha value is -3.70. The SMILES string of the molecule is CN(C)CCOc1ccc(-c2cccc(Cl)c2)cc1/C=C1\SC(=S)N(CCC(=O)Nc2ccc(C(=O)O)cc2)C1=O. The molecule has 3 aromatic rings. The van der Waals surface area contributed by atoms with Crippen molar-refractivity contribution in [3.05, 3.63) is 87.8 Å². The van der Waals surface area contributed by atoms with Crippen LogP contribution in [-0.2, 0) is 9.59 Å². The summed E-state index contributed by atoms with van der Waals surface area (Å²) in [6, 6.07) is 19.1. The molecule has 3 aromatic carbocycles. The number of hydrogen-bond acceptors (Lipinski definition) is 7. The minimum atomic E-state index is -1.05. The molecule has 4 rings (SSSR count). The number of amides is 2. The molecule has 1 saturated heterocycles. The standard InChI is InChI=1S/C30H28ClN3O5S2/c1-33(2)14-15-39-25-11-8-21(20-4-3-5-23(31)17-20)16-22(25)18-26-28(36)34(30(40)41-26)13-12-27(35)32-24-9-6-19(7-10-24)29(37)38/h3-11,16-18H,12-15H2,1-2H3,(H,32,35)(H,37,38)/b26-18-. The molecule has 1 aliphatic rings. The zero-order valence-corrected chi connectivity index (χ0v) is 24.8. The fourth-order valence-electron chi connectivity index (χ4n) is 3.95. The third kappa shape index (κ3) is 8.17. The third-order valence-corrected chi connectivity index (χ3v) is 7.71. The first-order valence-corrected chi connectivity index (χ1v) is 14.3. The number of aromatic carboxylic acids is 1. The first-order valence-electron chi connectivity index (χ1n) is 12.7. The number of hydrogen-bond donors (Lipinski definition) is 2. The van der Waals surface area contributed by atoms with Gasteiger partial charge in [0.2, 0.25) is 5.91 Å². The van der Waals surface area contributed by atoms with E-state index in [1.165, 1.54) is 40.9 Å². The van der Waals surface area contributed by atoms with Crippen molar-refractivity contribution in [3.63, 3.8) is 0 Å². The van der Waals surface area contributed by atoms with Crippen molar-refractivity contribution in [2.75, 3.05) is 39.1 Å². The van der Waals surface area contributed by atoms with Crippen LogP contribution in [0, 0.1) is 0 Å². The van der Waals surface area contributed by atoms with Crippen LogP contribution < -0.4 is 10.1 Å². The monoisotopic (exact) mass is 609 g/mol. The second-order valence-corrected chi connectivity index (χ2v) is 11.5. The number of thioether (sulfide) groups is 1. The molecule has 0 atom stereocenters. The van der Waals surface area contributed by atoms with E-state index in [4.69, 9.17) is 33.7 Å². The smallest absolute Gasteiger partial charge is 0.335 e. The Morgan fingerprint density at radius 3 is 2.51 bits per heavy atom. The molecule has 0 bridgehead atoms. The zero-order chi connectivity index (χ0) is 29.5. The number of thiocarbonyl (C=S) groups is 1. The van der Waals surface area contributed by atoms with Gasteiger partial charge in [-0.2, -0.15) is 0 Å².